The molecule has 2 N–H and O–H groups in total. The van der Waals surface area contributed by atoms with E-state index in [9.17, 15) is 4.79 Å². The molecule has 1 atom stereocenters. The first-order valence-electron chi connectivity index (χ1n) is 4.88. The van der Waals surface area contributed by atoms with Crippen molar-refractivity contribution >= 4 is 5.91 Å². The van der Waals surface area contributed by atoms with Gasteiger partial charge in [0.2, 0.25) is 5.91 Å². The Kier molecular flexibility index (Phi) is 2.51. The second kappa shape index (κ2) is 3.64. The number of nitrogens with zero attached hydrogens (tertiary/aromatic N) is 1. The van der Waals surface area contributed by atoms with E-state index in [0.29, 0.717) is 19.1 Å². The molecule has 0 radical (unpaired) electrons. The minimum atomic E-state index is 0.124. The number of amides is 1. The van der Waals surface area contributed by atoms with Gasteiger partial charge in [0.1, 0.15) is 0 Å². The van der Waals surface area contributed by atoms with E-state index in [2.05, 4.69) is 0 Å². The van der Waals surface area contributed by atoms with Crippen molar-refractivity contribution in [2.24, 2.45) is 17.6 Å². The lowest BCUT2D eigenvalue weighted by atomic mass is 9.97. The maximum absolute atomic E-state index is 11.7. The van der Waals surface area contributed by atoms with Gasteiger partial charge in [0, 0.05) is 25.6 Å². The normalized spacial score (nSPS) is 29.0. The zero-order valence-electron chi connectivity index (χ0n) is 7.74. The monoisotopic (exact) mass is 184 g/mol. The third-order valence-corrected chi connectivity index (χ3v) is 2.88. The van der Waals surface area contributed by atoms with Crippen LogP contribution in [0, 0.1) is 11.8 Å². The van der Waals surface area contributed by atoms with Gasteiger partial charge in [0.05, 0.1) is 12.5 Å². The van der Waals surface area contributed by atoms with Gasteiger partial charge in [-0.2, -0.15) is 0 Å². The summed E-state index contributed by atoms with van der Waals surface area (Å²) in [5.41, 5.74) is 5.49. The van der Waals surface area contributed by atoms with Crippen molar-refractivity contribution in [2.75, 3.05) is 32.8 Å². The highest BCUT2D eigenvalue weighted by molar-refractivity contribution is 5.80. The SMILES string of the molecule is NCC1CN(C(=O)C2CCOC2)C1. The fraction of sp³-hybridized carbons (Fsp3) is 0.889. The van der Waals surface area contributed by atoms with Crippen LogP contribution >= 0.6 is 0 Å². The van der Waals surface area contributed by atoms with Gasteiger partial charge in [-0.25, -0.2) is 0 Å². The van der Waals surface area contributed by atoms with Crippen LogP contribution in [0.25, 0.3) is 0 Å². The van der Waals surface area contributed by atoms with Gasteiger partial charge in [-0.3, -0.25) is 4.79 Å². The molecule has 13 heavy (non-hydrogen) atoms. The molecule has 0 spiro atoms. The molecule has 4 heteroatoms. The summed E-state index contributed by atoms with van der Waals surface area (Å²) in [4.78, 5) is 13.6. The molecule has 1 amide bonds. The molecular weight excluding hydrogens is 168 g/mol. The molecule has 0 aromatic rings. The Bertz CT molecular complexity index is 196. The van der Waals surface area contributed by atoms with Gasteiger partial charge in [0.15, 0.2) is 0 Å². The fourth-order valence-corrected chi connectivity index (χ4v) is 1.89. The fourth-order valence-electron chi connectivity index (χ4n) is 1.89. The highest BCUT2D eigenvalue weighted by Gasteiger charge is 2.34. The Balaban J connectivity index is 1.78. The number of carbonyl (C=O) groups is 1. The second-order valence-corrected chi connectivity index (χ2v) is 3.91. The van der Waals surface area contributed by atoms with E-state index in [0.717, 1.165) is 26.1 Å². The number of likely N-dealkylation sites (tertiary alicyclic amines) is 1. The lowest BCUT2D eigenvalue weighted by Gasteiger charge is -2.39. The van der Waals surface area contributed by atoms with E-state index in [1.165, 1.54) is 0 Å². The first kappa shape index (κ1) is 8.97. The Morgan fingerprint density at radius 1 is 1.54 bits per heavy atom. The van der Waals surface area contributed by atoms with Crippen LogP contribution in [-0.2, 0) is 9.53 Å². The molecule has 0 bridgehead atoms. The summed E-state index contributed by atoms with van der Waals surface area (Å²) in [5.74, 6) is 0.923. The van der Waals surface area contributed by atoms with Gasteiger partial charge in [-0.05, 0) is 13.0 Å². The molecule has 2 fully saturated rings. The number of ether oxygens (including phenoxy) is 1. The number of hydrogen-bond donors (Lipinski definition) is 1. The quantitative estimate of drug-likeness (QED) is 0.626. The summed E-state index contributed by atoms with van der Waals surface area (Å²) >= 11 is 0. The Morgan fingerprint density at radius 2 is 2.31 bits per heavy atom. The van der Waals surface area contributed by atoms with Crippen LogP contribution in [0.4, 0.5) is 0 Å². The summed E-state index contributed by atoms with van der Waals surface area (Å²) in [6, 6.07) is 0. The van der Waals surface area contributed by atoms with E-state index in [1.54, 1.807) is 0 Å². The van der Waals surface area contributed by atoms with Crippen LogP contribution in [0.15, 0.2) is 0 Å². The summed E-state index contributed by atoms with van der Waals surface area (Å²) in [6.07, 6.45) is 0.891. The van der Waals surface area contributed by atoms with Crippen LogP contribution in [-0.4, -0.2) is 43.7 Å². The predicted molar refractivity (Wildman–Crippen MR) is 48.1 cm³/mol. The number of hydrogen-bond acceptors (Lipinski definition) is 3. The lowest BCUT2D eigenvalue weighted by molar-refractivity contribution is -0.141. The van der Waals surface area contributed by atoms with Crippen molar-refractivity contribution in [1.82, 2.24) is 4.90 Å². The molecule has 2 rings (SSSR count). The van der Waals surface area contributed by atoms with E-state index < -0.39 is 0 Å². The van der Waals surface area contributed by atoms with Gasteiger partial charge in [-0.1, -0.05) is 0 Å². The van der Waals surface area contributed by atoms with Gasteiger partial charge in [-0.15, -0.1) is 0 Å². The van der Waals surface area contributed by atoms with Crippen LogP contribution < -0.4 is 5.73 Å². The molecule has 1 unspecified atom stereocenters. The van der Waals surface area contributed by atoms with Crippen molar-refractivity contribution in [2.45, 2.75) is 6.42 Å². The summed E-state index contributed by atoms with van der Waals surface area (Å²) in [6.45, 7) is 3.76. The maximum atomic E-state index is 11.7. The summed E-state index contributed by atoms with van der Waals surface area (Å²) < 4.78 is 5.18. The molecule has 2 aliphatic heterocycles. The van der Waals surface area contributed by atoms with Crippen molar-refractivity contribution in [3.8, 4) is 0 Å². The number of rotatable bonds is 2. The molecule has 0 aromatic carbocycles. The number of nitrogens with two attached hydrogens (primary N) is 1. The highest BCUT2D eigenvalue weighted by Crippen LogP contribution is 2.21. The van der Waals surface area contributed by atoms with E-state index in [4.69, 9.17) is 10.5 Å². The van der Waals surface area contributed by atoms with E-state index in [-0.39, 0.29) is 11.8 Å². The van der Waals surface area contributed by atoms with Crippen LogP contribution in [0.1, 0.15) is 6.42 Å². The molecular formula is C9H16N2O2. The van der Waals surface area contributed by atoms with Crippen LogP contribution in [0.3, 0.4) is 0 Å². The molecule has 4 nitrogen and oxygen atoms in total. The summed E-state index contributed by atoms with van der Waals surface area (Å²) in [7, 11) is 0. The average molecular weight is 184 g/mol. The first-order chi connectivity index (χ1) is 6.31. The highest BCUT2D eigenvalue weighted by atomic mass is 16.5. The topological polar surface area (TPSA) is 55.6 Å². The zero-order chi connectivity index (χ0) is 9.26. The molecule has 0 saturated carbocycles. The predicted octanol–water partition coefficient (Wildman–Crippen LogP) is -0.560. The third-order valence-electron chi connectivity index (χ3n) is 2.88. The Hall–Kier alpha value is -0.610. The standard InChI is InChI=1S/C9H16N2O2/c10-3-7-4-11(5-7)9(12)8-1-2-13-6-8/h7-8H,1-6,10H2. The average Bonchev–Trinajstić information content (AvgIpc) is 2.53. The second-order valence-electron chi connectivity index (χ2n) is 3.91. The first-order valence-corrected chi connectivity index (χ1v) is 4.88. The molecule has 74 valence electrons. The van der Waals surface area contributed by atoms with Crippen molar-refractivity contribution in [3.05, 3.63) is 0 Å². The van der Waals surface area contributed by atoms with Crippen molar-refractivity contribution in [3.63, 3.8) is 0 Å². The zero-order valence-corrected chi connectivity index (χ0v) is 7.74. The molecule has 2 saturated heterocycles. The maximum Gasteiger partial charge on any atom is 0.228 e. The van der Waals surface area contributed by atoms with E-state index >= 15 is 0 Å². The van der Waals surface area contributed by atoms with Gasteiger partial charge < -0.3 is 15.4 Å². The Morgan fingerprint density at radius 3 is 2.85 bits per heavy atom. The van der Waals surface area contributed by atoms with Gasteiger partial charge >= 0.3 is 0 Å². The molecule has 2 heterocycles. The smallest absolute Gasteiger partial charge is 0.228 e. The molecule has 0 aromatic heterocycles. The lowest BCUT2D eigenvalue weighted by Crippen LogP contribution is -2.54. The van der Waals surface area contributed by atoms with Crippen LogP contribution in [0.5, 0.6) is 0 Å². The molecule has 2 aliphatic rings. The minimum Gasteiger partial charge on any atom is -0.381 e. The van der Waals surface area contributed by atoms with E-state index in [1.807, 2.05) is 4.90 Å². The number of carbonyl (C=O) groups excluding carboxylic acids is 1. The Labute approximate surface area is 78.0 Å². The minimum absolute atomic E-state index is 0.124. The third kappa shape index (κ3) is 1.69. The van der Waals surface area contributed by atoms with Gasteiger partial charge in [0.25, 0.3) is 0 Å². The van der Waals surface area contributed by atoms with Crippen LogP contribution in [0.2, 0.25) is 0 Å². The van der Waals surface area contributed by atoms with Crippen molar-refractivity contribution < 1.29 is 9.53 Å². The largest absolute Gasteiger partial charge is 0.381 e. The molecule has 0 aliphatic carbocycles. The summed E-state index contributed by atoms with van der Waals surface area (Å²) in [5, 5.41) is 0. The van der Waals surface area contributed by atoms with Crippen molar-refractivity contribution in [1.29, 1.82) is 0 Å².